The SMILES string of the molecule is CCNC(=O)/C(C#N)=C/C(=O)NC.CCNC(=O)C(C#N)C(C(=O)NC)C(C#N)C(=O)NCC.CNC(=O)/C=C/C(=O)N1CCN(C(=O)CCCOC(COC(C)=O)COC(C)=O)CC1. The molecule has 1 fully saturated rings. The second-order valence-electron chi connectivity index (χ2n) is 13.1. The first kappa shape index (κ1) is 59.7. The third-order valence-corrected chi connectivity index (χ3v) is 8.44. The lowest BCUT2D eigenvalue weighted by Gasteiger charge is -2.34. The fraction of sp³-hybridized carbons (Fsp3) is 0.585. The molecule has 0 radical (unpaired) electrons. The molecule has 0 spiro atoms. The highest BCUT2D eigenvalue weighted by molar-refractivity contribution is 6.03. The Hall–Kier alpha value is -7.39. The fourth-order valence-corrected chi connectivity index (χ4v) is 5.15. The highest BCUT2D eigenvalue weighted by atomic mass is 16.6. The summed E-state index contributed by atoms with van der Waals surface area (Å²) in [5.41, 5.74) is -0.193. The lowest BCUT2D eigenvalue weighted by atomic mass is 9.80. The smallest absolute Gasteiger partial charge is 0.302 e. The van der Waals surface area contributed by atoms with Gasteiger partial charge in [-0.3, -0.25) is 47.9 Å². The molecule has 24 nitrogen and oxygen atoms in total. The number of rotatable bonds is 21. The topological polar surface area (TPSA) is 348 Å². The molecular weight excluding hydrogens is 855 g/mol. The molecule has 0 aromatic rings. The minimum atomic E-state index is -1.42. The third-order valence-electron chi connectivity index (χ3n) is 8.44. The molecule has 1 rings (SSSR count). The number of ether oxygens (including phenoxy) is 3. The van der Waals surface area contributed by atoms with Crippen molar-refractivity contribution in [1.82, 2.24) is 41.7 Å². The Balaban J connectivity index is 0. The average Bonchev–Trinajstić information content (AvgIpc) is 3.29. The van der Waals surface area contributed by atoms with Crippen molar-refractivity contribution in [2.45, 2.75) is 53.6 Å². The lowest BCUT2D eigenvalue weighted by molar-refractivity contribution is -0.152. The van der Waals surface area contributed by atoms with Crippen LogP contribution in [0.3, 0.4) is 0 Å². The van der Waals surface area contributed by atoms with Crippen molar-refractivity contribution in [1.29, 1.82) is 15.8 Å². The molecule has 2 unspecified atom stereocenters. The number of hydrogen-bond donors (Lipinski definition) is 6. The Kier molecular flexibility index (Phi) is 32.3. The van der Waals surface area contributed by atoms with E-state index in [0.717, 1.165) is 6.08 Å². The zero-order chi connectivity index (χ0) is 49.9. The number of carbonyl (C=O) groups is 10. The molecule has 358 valence electrons. The summed E-state index contributed by atoms with van der Waals surface area (Å²) >= 11 is 0. The van der Waals surface area contributed by atoms with Gasteiger partial charge in [-0.25, -0.2) is 0 Å². The van der Waals surface area contributed by atoms with Crippen LogP contribution in [0.25, 0.3) is 0 Å². The van der Waals surface area contributed by atoms with E-state index in [-0.39, 0.29) is 62.6 Å². The number of esters is 2. The van der Waals surface area contributed by atoms with Crippen molar-refractivity contribution >= 4 is 59.2 Å². The van der Waals surface area contributed by atoms with Crippen LogP contribution < -0.4 is 31.9 Å². The Morgan fingerprint density at radius 2 is 1.12 bits per heavy atom. The molecule has 0 aliphatic carbocycles. The largest absolute Gasteiger partial charge is 0.463 e. The molecule has 1 saturated heterocycles. The van der Waals surface area contributed by atoms with Crippen LogP contribution in [-0.2, 0) is 62.2 Å². The van der Waals surface area contributed by atoms with E-state index in [1.807, 2.05) is 0 Å². The van der Waals surface area contributed by atoms with Crippen molar-refractivity contribution in [2.24, 2.45) is 17.8 Å². The van der Waals surface area contributed by atoms with Crippen molar-refractivity contribution in [3.8, 4) is 18.2 Å². The monoisotopic (exact) mass is 915 g/mol. The maximum atomic E-state index is 12.4. The average molecular weight is 916 g/mol. The maximum absolute atomic E-state index is 12.4. The van der Waals surface area contributed by atoms with Gasteiger partial charge in [0.15, 0.2) is 0 Å². The van der Waals surface area contributed by atoms with E-state index >= 15 is 0 Å². The van der Waals surface area contributed by atoms with Gasteiger partial charge >= 0.3 is 11.9 Å². The summed E-state index contributed by atoms with van der Waals surface area (Å²) in [7, 11) is 4.21. The summed E-state index contributed by atoms with van der Waals surface area (Å²) in [5, 5.41) is 41.1. The summed E-state index contributed by atoms with van der Waals surface area (Å²) in [6, 6.07) is 5.06. The molecule has 0 saturated carbocycles. The van der Waals surface area contributed by atoms with Crippen LogP contribution >= 0.6 is 0 Å². The molecule has 1 aliphatic rings. The molecule has 0 aromatic heterocycles. The first-order valence-corrected chi connectivity index (χ1v) is 20.4. The van der Waals surface area contributed by atoms with Gasteiger partial charge in [-0.1, -0.05) is 0 Å². The van der Waals surface area contributed by atoms with Crippen molar-refractivity contribution in [2.75, 3.05) is 86.8 Å². The van der Waals surface area contributed by atoms with Crippen molar-refractivity contribution < 1.29 is 62.2 Å². The van der Waals surface area contributed by atoms with Gasteiger partial charge in [0.25, 0.3) is 5.91 Å². The molecule has 0 aromatic carbocycles. The number of piperazine rings is 1. The van der Waals surface area contributed by atoms with Gasteiger partial charge in [0, 0.05) is 112 Å². The molecule has 24 heteroatoms. The molecule has 2 atom stereocenters. The van der Waals surface area contributed by atoms with E-state index < -0.39 is 65.3 Å². The molecule has 65 heavy (non-hydrogen) atoms. The summed E-state index contributed by atoms with van der Waals surface area (Å²) in [6.07, 6.45) is 3.47. The summed E-state index contributed by atoms with van der Waals surface area (Å²) < 4.78 is 15.3. The van der Waals surface area contributed by atoms with Gasteiger partial charge in [0.05, 0.1) is 18.1 Å². The predicted molar refractivity (Wildman–Crippen MR) is 228 cm³/mol. The summed E-state index contributed by atoms with van der Waals surface area (Å²) in [5.74, 6) is -8.88. The van der Waals surface area contributed by atoms with Crippen molar-refractivity contribution in [3.63, 3.8) is 0 Å². The molecule has 6 N–H and O–H groups in total. The minimum absolute atomic E-state index is 0.0408. The maximum Gasteiger partial charge on any atom is 0.302 e. The van der Waals surface area contributed by atoms with E-state index in [1.54, 1.807) is 48.8 Å². The highest BCUT2D eigenvalue weighted by Gasteiger charge is 2.43. The number of carbonyl (C=O) groups excluding carboxylic acids is 10. The van der Waals surface area contributed by atoms with Gasteiger partial charge in [-0.05, 0) is 27.2 Å². The summed E-state index contributed by atoms with van der Waals surface area (Å²) in [4.78, 5) is 118. The van der Waals surface area contributed by atoms with E-state index in [1.165, 1.54) is 47.1 Å². The third kappa shape index (κ3) is 25.3. The van der Waals surface area contributed by atoms with E-state index in [4.69, 9.17) is 30.0 Å². The van der Waals surface area contributed by atoms with Crippen LogP contribution in [0, 0.1) is 51.7 Å². The van der Waals surface area contributed by atoms with Gasteiger partial charge < -0.3 is 55.9 Å². The van der Waals surface area contributed by atoms with Gasteiger partial charge in [0.2, 0.25) is 41.4 Å². The van der Waals surface area contributed by atoms with Gasteiger partial charge in [-0.15, -0.1) is 0 Å². The highest BCUT2D eigenvalue weighted by Crippen LogP contribution is 2.22. The fourth-order valence-electron chi connectivity index (χ4n) is 5.15. The predicted octanol–water partition coefficient (Wildman–Crippen LogP) is -2.53. The molecule has 8 amide bonds. The second kappa shape index (κ2) is 35.1. The normalized spacial score (nSPS) is 13.1. The molecule has 1 aliphatic heterocycles. The van der Waals surface area contributed by atoms with Crippen LogP contribution in [0.5, 0.6) is 0 Å². The minimum Gasteiger partial charge on any atom is -0.463 e. The number of nitrogens with one attached hydrogen (secondary N) is 6. The first-order chi connectivity index (χ1) is 30.8. The quantitative estimate of drug-likeness (QED) is 0.0299. The van der Waals surface area contributed by atoms with Crippen molar-refractivity contribution in [3.05, 3.63) is 23.8 Å². The van der Waals surface area contributed by atoms with Crippen LogP contribution in [0.15, 0.2) is 23.8 Å². The number of nitrogens with zero attached hydrogens (tertiary/aromatic N) is 5. The number of nitriles is 3. The Labute approximate surface area is 378 Å². The van der Waals surface area contributed by atoms with Crippen LogP contribution in [0.2, 0.25) is 0 Å². The Morgan fingerprint density at radius 1 is 0.646 bits per heavy atom. The van der Waals surface area contributed by atoms with Gasteiger partial charge in [0.1, 0.15) is 42.8 Å². The first-order valence-electron chi connectivity index (χ1n) is 20.4. The lowest BCUT2D eigenvalue weighted by Crippen LogP contribution is -2.50. The number of hydrogen-bond acceptors (Lipinski definition) is 16. The zero-order valence-electron chi connectivity index (χ0n) is 38.1. The van der Waals surface area contributed by atoms with E-state index in [0.29, 0.717) is 39.1 Å². The molecule has 0 bridgehead atoms. The van der Waals surface area contributed by atoms with Gasteiger partial charge in [-0.2, -0.15) is 15.8 Å². The molecule has 1 heterocycles. The number of amides is 8. The summed E-state index contributed by atoms with van der Waals surface area (Å²) in [6.45, 7) is 10.3. The van der Waals surface area contributed by atoms with E-state index in [2.05, 4.69) is 31.9 Å². The standard InChI is InChI=1S/C20H31N3O8.C13H19N5O3.C8H11N3O2/c1-15(24)30-13-17(14-31-16(2)25)29-12-4-5-19(27)22-8-10-23(11-9-22)20(28)7-6-18(26)21-3;1-4-17-11(19)8(6-14)10(13(21)16-3)9(7-15)12(20)18-5-2;1-3-11-8(13)6(5-9)4-7(12)10-2/h6-7,17H,4-5,8-14H2,1-3H3,(H,21,26);8-10H,4-5H2,1-3H3,(H,16,21)(H,17,19)(H,18,20);4H,3H2,1-2H3,(H,10,12)(H,11,13)/b7-6+;;6-4+. The van der Waals surface area contributed by atoms with Crippen LogP contribution in [0.4, 0.5) is 0 Å². The number of likely N-dealkylation sites (N-methyl/N-ethyl adjacent to an activating group) is 3. The van der Waals surface area contributed by atoms with Crippen LogP contribution in [-0.4, -0.2) is 162 Å². The zero-order valence-corrected chi connectivity index (χ0v) is 38.1. The molecular formula is C41H61N11O13. The second-order valence-corrected chi connectivity index (χ2v) is 13.1. The van der Waals surface area contributed by atoms with E-state index in [9.17, 15) is 47.9 Å². The Morgan fingerprint density at radius 3 is 1.52 bits per heavy atom. The van der Waals surface area contributed by atoms with Crippen LogP contribution in [0.1, 0.15) is 47.5 Å². The Bertz CT molecular complexity index is 1770.